The predicted molar refractivity (Wildman–Crippen MR) is 135 cm³/mol. The van der Waals surface area contributed by atoms with Crippen LogP contribution in [0.3, 0.4) is 0 Å². The topological polar surface area (TPSA) is 64.6 Å². The van der Waals surface area contributed by atoms with Crippen LogP contribution in [0.1, 0.15) is 55.4 Å². The summed E-state index contributed by atoms with van der Waals surface area (Å²) >= 11 is 0. The maximum atomic E-state index is 12.9. The number of nitrogens with one attached hydrogen (secondary N) is 1. The Morgan fingerprint density at radius 1 is 0.824 bits per heavy atom. The average molecular weight is 463 g/mol. The van der Waals surface area contributed by atoms with Crippen molar-refractivity contribution in [1.29, 1.82) is 0 Å². The van der Waals surface area contributed by atoms with Crippen molar-refractivity contribution in [2.24, 2.45) is 11.8 Å². The van der Waals surface area contributed by atoms with Gasteiger partial charge < -0.3 is 20.0 Å². The molecular weight excluding hydrogens is 424 g/mol. The van der Waals surface area contributed by atoms with Gasteiger partial charge in [0, 0.05) is 58.4 Å². The molecule has 6 rings (SSSR count). The number of piperidine rings is 2. The second-order valence-corrected chi connectivity index (χ2v) is 10.9. The maximum absolute atomic E-state index is 12.9. The highest BCUT2D eigenvalue weighted by Crippen LogP contribution is 2.44. The monoisotopic (exact) mass is 462 g/mol. The first kappa shape index (κ1) is 22.2. The van der Waals surface area contributed by atoms with Gasteiger partial charge in [-0.3, -0.25) is 4.79 Å². The van der Waals surface area contributed by atoms with Gasteiger partial charge in [0.1, 0.15) is 11.5 Å². The molecule has 5 heterocycles. The van der Waals surface area contributed by atoms with E-state index in [9.17, 15) is 4.79 Å². The Bertz CT molecular complexity index is 1000. The van der Waals surface area contributed by atoms with Crippen molar-refractivity contribution in [1.82, 2.24) is 25.1 Å². The molecule has 1 amide bonds. The lowest BCUT2D eigenvalue weighted by molar-refractivity contribution is 0.0903. The van der Waals surface area contributed by atoms with Crippen LogP contribution in [0.5, 0.6) is 0 Å². The number of carbonyl (C=O) groups is 1. The Kier molecular flexibility index (Phi) is 6.39. The molecule has 2 aromatic rings. The molecule has 4 aliphatic rings. The number of fused-ring (bicyclic) bond motifs is 2. The third kappa shape index (κ3) is 5.05. The molecule has 7 nitrogen and oxygen atoms in total. The van der Waals surface area contributed by atoms with E-state index >= 15 is 0 Å². The summed E-state index contributed by atoms with van der Waals surface area (Å²) < 4.78 is 0. The molecule has 0 bridgehead atoms. The molecule has 34 heavy (non-hydrogen) atoms. The normalized spacial score (nSPS) is 26.4. The Morgan fingerprint density at radius 3 is 2.26 bits per heavy atom. The van der Waals surface area contributed by atoms with Crippen LogP contribution in [-0.2, 0) is 0 Å². The Hall–Kier alpha value is -2.25. The van der Waals surface area contributed by atoms with Crippen LogP contribution in [0.4, 0.5) is 5.82 Å². The molecule has 7 heteroatoms. The second kappa shape index (κ2) is 9.78. The molecule has 182 valence electrons. The van der Waals surface area contributed by atoms with Crippen molar-refractivity contribution in [3.8, 4) is 0 Å². The van der Waals surface area contributed by atoms with Gasteiger partial charge in [0.05, 0.1) is 11.0 Å². The zero-order valence-electron chi connectivity index (χ0n) is 20.3. The summed E-state index contributed by atoms with van der Waals surface area (Å²) in [5, 5.41) is 3.23. The molecule has 1 N–H and O–H groups in total. The summed E-state index contributed by atoms with van der Waals surface area (Å²) in [6.45, 7) is 9.31. The van der Waals surface area contributed by atoms with Crippen LogP contribution in [0.2, 0.25) is 0 Å². The van der Waals surface area contributed by atoms with E-state index in [1.807, 2.05) is 18.2 Å². The van der Waals surface area contributed by atoms with Gasteiger partial charge in [-0.1, -0.05) is 12.8 Å². The number of carbonyl (C=O) groups excluding carboxylic acids is 1. The molecule has 3 saturated heterocycles. The third-order valence-electron chi connectivity index (χ3n) is 8.40. The lowest BCUT2D eigenvalue weighted by Gasteiger charge is -2.33. The average Bonchev–Trinajstić information content (AvgIpc) is 3.57. The first-order valence-corrected chi connectivity index (χ1v) is 13.5. The molecule has 3 aliphatic heterocycles. The summed E-state index contributed by atoms with van der Waals surface area (Å²) in [5.74, 6) is 3.00. The van der Waals surface area contributed by atoms with Gasteiger partial charge in [-0.2, -0.15) is 0 Å². The summed E-state index contributed by atoms with van der Waals surface area (Å²) in [6, 6.07) is 8.09. The van der Waals surface area contributed by atoms with Crippen molar-refractivity contribution in [2.75, 3.05) is 57.3 Å². The number of aromatic nitrogens is 2. The van der Waals surface area contributed by atoms with E-state index in [2.05, 4.69) is 31.1 Å². The van der Waals surface area contributed by atoms with E-state index in [0.717, 1.165) is 67.7 Å². The van der Waals surface area contributed by atoms with Crippen molar-refractivity contribution in [3.05, 3.63) is 30.0 Å². The third-order valence-corrected chi connectivity index (χ3v) is 8.40. The van der Waals surface area contributed by atoms with Crippen LogP contribution in [-0.4, -0.2) is 84.1 Å². The number of anilines is 1. The van der Waals surface area contributed by atoms with Gasteiger partial charge in [-0.15, -0.1) is 0 Å². The number of amides is 1. The number of pyridine rings is 2. The second-order valence-electron chi connectivity index (χ2n) is 10.9. The highest BCUT2D eigenvalue weighted by molar-refractivity contribution is 5.94. The molecule has 2 atom stereocenters. The van der Waals surface area contributed by atoms with E-state index < -0.39 is 0 Å². The minimum absolute atomic E-state index is 0.0618. The molecule has 1 saturated carbocycles. The lowest BCUT2D eigenvalue weighted by Crippen LogP contribution is -2.46. The van der Waals surface area contributed by atoms with Crippen molar-refractivity contribution < 1.29 is 4.79 Å². The summed E-state index contributed by atoms with van der Waals surface area (Å²) in [7, 11) is 0. The smallest absolute Gasteiger partial charge is 0.270 e. The standard InChI is InChI=1S/C27H38N6O/c34-27(28-22-9-13-31(14-10-22)15-16-32-18-20-17-21(20)19-32)25-6-5-24-23(29-25)7-8-26(30-24)33-11-3-1-2-4-12-33/h5-8,20-22H,1-4,9-19H2,(H,28,34). The number of hydrogen-bond donors (Lipinski definition) is 1. The van der Waals surface area contributed by atoms with E-state index in [1.165, 1.54) is 58.3 Å². The zero-order valence-corrected chi connectivity index (χ0v) is 20.3. The molecule has 0 aromatic carbocycles. The summed E-state index contributed by atoms with van der Waals surface area (Å²) in [5.41, 5.74) is 2.15. The fraction of sp³-hybridized carbons (Fsp3) is 0.667. The highest BCUT2D eigenvalue weighted by Gasteiger charge is 2.44. The van der Waals surface area contributed by atoms with Gasteiger partial charge in [0.25, 0.3) is 5.91 Å². The largest absolute Gasteiger partial charge is 0.357 e. The van der Waals surface area contributed by atoms with Gasteiger partial charge in [0.15, 0.2) is 0 Å². The van der Waals surface area contributed by atoms with Crippen LogP contribution in [0.15, 0.2) is 24.3 Å². The molecule has 2 aromatic heterocycles. The molecular formula is C27H38N6O. The quantitative estimate of drug-likeness (QED) is 0.712. The van der Waals surface area contributed by atoms with Gasteiger partial charge >= 0.3 is 0 Å². The van der Waals surface area contributed by atoms with Crippen LogP contribution in [0, 0.1) is 11.8 Å². The summed E-state index contributed by atoms with van der Waals surface area (Å²) in [4.78, 5) is 30.0. The lowest BCUT2D eigenvalue weighted by atomic mass is 10.0. The first-order chi connectivity index (χ1) is 16.7. The Labute approximate surface area is 202 Å². The fourth-order valence-corrected chi connectivity index (χ4v) is 6.12. The number of rotatable bonds is 6. The number of likely N-dealkylation sites (tertiary alicyclic amines) is 2. The van der Waals surface area contributed by atoms with E-state index in [0.29, 0.717) is 5.69 Å². The van der Waals surface area contributed by atoms with Crippen molar-refractivity contribution in [3.63, 3.8) is 0 Å². The Morgan fingerprint density at radius 2 is 1.50 bits per heavy atom. The van der Waals surface area contributed by atoms with Crippen LogP contribution < -0.4 is 10.2 Å². The molecule has 0 radical (unpaired) electrons. The van der Waals surface area contributed by atoms with Crippen LogP contribution in [0.25, 0.3) is 11.0 Å². The predicted octanol–water partition coefficient (Wildman–Crippen LogP) is 3.16. The first-order valence-electron chi connectivity index (χ1n) is 13.5. The number of nitrogens with zero attached hydrogens (tertiary/aromatic N) is 5. The zero-order chi connectivity index (χ0) is 22.9. The molecule has 1 aliphatic carbocycles. The molecule has 2 unspecified atom stereocenters. The van der Waals surface area contributed by atoms with Crippen molar-refractivity contribution in [2.45, 2.75) is 51.0 Å². The minimum atomic E-state index is -0.0618. The SMILES string of the molecule is O=C(NC1CCN(CCN2CC3CC3C2)CC1)c1ccc2nc(N3CCCCCC3)ccc2n1. The van der Waals surface area contributed by atoms with Gasteiger partial charge in [-0.05, 0) is 68.2 Å². The van der Waals surface area contributed by atoms with E-state index in [-0.39, 0.29) is 11.9 Å². The van der Waals surface area contributed by atoms with Gasteiger partial charge in [-0.25, -0.2) is 9.97 Å². The maximum Gasteiger partial charge on any atom is 0.270 e. The highest BCUT2D eigenvalue weighted by atomic mass is 16.1. The van der Waals surface area contributed by atoms with E-state index in [1.54, 1.807) is 0 Å². The molecule has 4 fully saturated rings. The summed E-state index contributed by atoms with van der Waals surface area (Å²) in [6.07, 6.45) is 8.59. The number of hydrogen-bond acceptors (Lipinski definition) is 6. The minimum Gasteiger partial charge on any atom is -0.357 e. The van der Waals surface area contributed by atoms with Gasteiger partial charge in [0.2, 0.25) is 0 Å². The molecule has 0 spiro atoms. The van der Waals surface area contributed by atoms with Crippen LogP contribution >= 0.6 is 0 Å². The Balaban J connectivity index is 1.00. The van der Waals surface area contributed by atoms with Crippen molar-refractivity contribution >= 4 is 22.8 Å². The van der Waals surface area contributed by atoms with E-state index in [4.69, 9.17) is 4.98 Å². The fourth-order valence-electron chi connectivity index (χ4n) is 6.12.